The summed E-state index contributed by atoms with van der Waals surface area (Å²) in [5.74, 6) is -0.0432. The van der Waals surface area contributed by atoms with Crippen LogP contribution in [-0.2, 0) is 17.9 Å². The minimum atomic E-state index is -0.0782. The molecule has 0 aliphatic heterocycles. The average Bonchev–Trinajstić information content (AvgIpc) is 3.38. The lowest BCUT2D eigenvalue weighted by Crippen LogP contribution is -2.49. The zero-order valence-electron chi connectivity index (χ0n) is 22.0. The van der Waals surface area contributed by atoms with Crippen LogP contribution in [0.1, 0.15) is 74.0 Å². The van der Waals surface area contributed by atoms with Crippen LogP contribution < -0.4 is 0 Å². The maximum Gasteiger partial charge on any atom is 0.254 e. The molecule has 5 nitrogen and oxygen atoms in total. The molecule has 4 rings (SSSR count). The van der Waals surface area contributed by atoms with Gasteiger partial charge in [0.05, 0.1) is 6.54 Å². The van der Waals surface area contributed by atoms with Gasteiger partial charge in [-0.15, -0.1) is 0 Å². The molecule has 3 aromatic rings. The summed E-state index contributed by atoms with van der Waals surface area (Å²) in [5.41, 5.74) is 2.96. The van der Waals surface area contributed by atoms with Gasteiger partial charge in [0.2, 0.25) is 5.91 Å². The van der Waals surface area contributed by atoms with Crippen LogP contribution in [-0.4, -0.2) is 44.8 Å². The van der Waals surface area contributed by atoms with Crippen LogP contribution in [0.25, 0.3) is 0 Å². The zero-order chi connectivity index (χ0) is 26.2. The summed E-state index contributed by atoms with van der Waals surface area (Å²) in [4.78, 5) is 31.2. The Labute approximate surface area is 229 Å². The lowest BCUT2D eigenvalue weighted by Gasteiger charge is -2.37. The monoisotopic (exact) mass is 563 g/mol. The summed E-state index contributed by atoms with van der Waals surface area (Å²) >= 11 is 3.51. The van der Waals surface area contributed by atoms with E-state index in [0.29, 0.717) is 12.1 Å². The molecule has 1 aliphatic rings. The van der Waals surface area contributed by atoms with Gasteiger partial charge in [0.15, 0.2) is 0 Å². The molecule has 0 bridgehead atoms. The standard InChI is InChI=1S/C31H38BrN3O2/c1-3-24(2)34(31(37)26-11-6-4-7-12-26)23-30(36)35(28-13-8-5-9-14-28)22-29-15-10-20-33(29)21-25-16-18-27(32)19-17-25/h4,6-7,10-12,15-20,24,28H,3,5,8-9,13-14,21-23H2,1-2H3/t24-/m1/s1. The fraction of sp³-hybridized carbons (Fsp3) is 0.419. The molecule has 1 heterocycles. The van der Waals surface area contributed by atoms with Gasteiger partial charge in [-0.3, -0.25) is 9.59 Å². The number of amides is 2. The van der Waals surface area contributed by atoms with Gasteiger partial charge in [-0.25, -0.2) is 0 Å². The second-order valence-electron chi connectivity index (χ2n) is 10.1. The van der Waals surface area contributed by atoms with Crippen molar-refractivity contribution in [1.29, 1.82) is 0 Å². The normalized spacial score (nSPS) is 14.8. The van der Waals surface area contributed by atoms with Gasteiger partial charge in [-0.1, -0.05) is 72.4 Å². The van der Waals surface area contributed by atoms with Crippen molar-refractivity contribution in [2.24, 2.45) is 0 Å². The molecule has 0 saturated heterocycles. The van der Waals surface area contributed by atoms with Gasteiger partial charge in [0.25, 0.3) is 5.91 Å². The van der Waals surface area contributed by atoms with E-state index in [0.717, 1.165) is 48.8 Å². The Morgan fingerprint density at radius 2 is 1.68 bits per heavy atom. The molecule has 0 radical (unpaired) electrons. The zero-order valence-corrected chi connectivity index (χ0v) is 23.6. The van der Waals surface area contributed by atoms with E-state index < -0.39 is 0 Å². The molecular weight excluding hydrogens is 526 g/mol. The maximum absolute atomic E-state index is 14.0. The van der Waals surface area contributed by atoms with Crippen LogP contribution in [0.2, 0.25) is 0 Å². The Morgan fingerprint density at radius 3 is 2.35 bits per heavy atom. The van der Waals surface area contributed by atoms with Crippen molar-refractivity contribution < 1.29 is 9.59 Å². The van der Waals surface area contributed by atoms with E-state index in [-0.39, 0.29) is 30.4 Å². The Hall–Kier alpha value is -2.86. The molecule has 196 valence electrons. The number of benzene rings is 2. The first-order valence-corrected chi connectivity index (χ1v) is 14.3. The number of rotatable bonds is 10. The summed E-state index contributed by atoms with van der Waals surface area (Å²) in [6.45, 7) is 5.51. The predicted octanol–water partition coefficient (Wildman–Crippen LogP) is 6.90. The van der Waals surface area contributed by atoms with E-state index in [1.165, 1.54) is 12.0 Å². The van der Waals surface area contributed by atoms with E-state index >= 15 is 0 Å². The van der Waals surface area contributed by atoms with Crippen LogP contribution in [0.5, 0.6) is 0 Å². The topological polar surface area (TPSA) is 45.6 Å². The fourth-order valence-electron chi connectivity index (χ4n) is 5.15. The second-order valence-corrected chi connectivity index (χ2v) is 11.0. The third-order valence-electron chi connectivity index (χ3n) is 7.57. The molecule has 1 aliphatic carbocycles. The molecular formula is C31H38BrN3O2. The predicted molar refractivity (Wildman–Crippen MR) is 152 cm³/mol. The number of halogens is 1. The van der Waals surface area contributed by atoms with E-state index in [9.17, 15) is 9.59 Å². The van der Waals surface area contributed by atoms with Crippen molar-refractivity contribution in [2.75, 3.05) is 6.54 Å². The molecule has 1 aromatic heterocycles. The third kappa shape index (κ3) is 7.13. The number of aromatic nitrogens is 1. The lowest BCUT2D eigenvalue weighted by atomic mass is 9.94. The molecule has 6 heteroatoms. The minimum Gasteiger partial charge on any atom is -0.345 e. The van der Waals surface area contributed by atoms with Gasteiger partial charge < -0.3 is 14.4 Å². The van der Waals surface area contributed by atoms with Crippen LogP contribution in [0, 0.1) is 0 Å². The largest absolute Gasteiger partial charge is 0.345 e. The summed E-state index contributed by atoms with van der Waals surface area (Å²) in [7, 11) is 0. The number of nitrogens with zero attached hydrogens (tertiary/aromatic N) is 3. The summed E-state index contributed by atoms with van der Waals surface area (Å²) in [6, 6.07) is 22.0. The molecule has 2 aromatic carbocycles. The average molecular weight is 565 g/mol. The van der Waals surface area contributed by atoms with Gasteiger partial charge in [0.1, 0.15) is 6.54 Å². The highest BCUT2D eigenvalue weighted by Gasteiger charge is 2.30. The molecule has 0 unspecified atom stereocenters. The molecule has 2 amide bonds. The van der Waals surface area contributed by atoms with Gasteiger partial charge in [0, 0.05) is 40.6 Å². The molecule has 1 saturated carbocycles. The van der Waals surface area contributed by atoms with Gasteiger partial charge >= 0.3 is 0 Å². The molecule has 0 N–H and O–H groups in total. The lowest BCUT2D eigenvalue weighted by molar-refractivity contribution is -0.136. The Balaban J connectivity index is 1.56. The SMILES string of the molecule is CC[C@@H](C)N(CC(=O)N(Cc1cccn1Cc1ccc(Br)cc1)C1CCCCC1)C(=O)c1ccccc1. The van der Waals surface area contributed by atoms with E-state index in [1.54, 1.807) is 4.90 Å². The van der Waals surface area contributed by atoms with Crippen molar-refractivity contribution in [3.05, 3.63) is 94.2 Å². The van der Waals surface area contributed by atoms with Crippen molar-refractivity contribution in [3.8, 4) is 0 Å². The quantitative estimate of drug-likeness (QED) is 0.269. The fourth-order valence-corrected chi connectivity index (χ4v) is 5.42. The summed E-state index contributed by atoms with van der Waals surface area (Å²) in [5, 5.41) is 0. The minimum absolute atomic E-state index is 0.0221. The Kier molecular flexibility index (Phi) is 9.62. The highest BCUT2D eigenvalue weighted by molar-refractivity contribution is 9.10. The highest BCUT2D eigenvalue weighted by Crippen LogP contribution is 2.25. The highest BCUT2D eigenvalue weighted by atomic mass is 79.9. The molecule has 1 atom stereocenters. The molecule has 1 fully saturated rings. The van der Waals surface area contributed by atoms with Gasteiger partial charge in [-0.2, -0.15) is 0 Å². The molecule has 0 spiro atoms. The van der Waals surface area contributed by atoms with Crippen molar-refractivity contribution >= 4 is 27.7 Å². The second kappa shape index (κ2) is 13.1. The maximum atomic E-state index is 14.0. The van der Waals surface area contributed by atoms with E-state index in [2.05, 4.69) is 74.9 Å². The Morgan fingerprint density at radius 1 is 0.973 bits per heavy atom. The Bertz CT molecular complexity index is 1150. The number of hydrogen-bond donors (Lipinski definition) is 0. The van der Waals surface area contributed by atoms with E-state index in [1.807, 2.05) is 37.3 Å². The van der Waals surface area contributed by atoms with Crippen LogP contribution in [0.4, 0.5) is 0 Å². The van der Waals surface area contributed by atoms with Crippen molar-refractivity contribution in [3.63, 3.8) is 0 Å². The number of hydrogen-bond acceptors (Lipinski definition) is 2. The third-order valence-corrected chi connectivity index (χ3v) is 8.10. The van der Waals surface area contributed by atoms with Crippen LogP contribution in [0.15, 0.2) is 77.4 Å². The van der Waals surface area contributed by atoms with Crippen molar-refractivity contribution in [2.45, 2.75) is 77.5 Å². The first-order valence-electron chi connectivity index (χ1n) is 13.5. The van der Waals surface area contributed by atoms with Crippen LogP contribution in [0.3, 0.4) is 0 Å². The van der Waals surface area contributed by atoms with Crippen LogP contribution >= 0.6 is 15.9 Å². The van der Waals surface area contributed by atoms with Gasteiger partial charge in [-0.05, 0) is 68.1 Å². The molecule has 37 heavy (non-hydrogen) atoms. The van der Waals surface area contributed by atoms with E-state index in [4.69, 9.17) is 0 Å². The summed E-state index contributed by atoms with van der Waals surface area (Å²) in [6.07, 6.45) is 8.45. The number of carbonyl (C=O) groups is 2. The first-order chi connectivity index (χ1) is 18.0. The smallest absolute Gasteiger partial charge is 0.254 e. The summed E-state index contributed by atoms with van der Waals surface area (Å²) < 4.78 is 3.29. The number of carbonyl (C=O) groups excluding carboxylic acids is 2. The first kappa shape index (κ1) is 27.2. The van der Waals surface area contributed by atoms with Crippen molar-refractivity contribution in [1.82, 2.24) is 14.4 Å².